The summed E-state index contributed by atoms with van der Waals surface area (Å²) in [5.41, 5.74) is 2.19. The highest BCUT2D eigenvalue weighted by Crippen LogP contribution is 2.35. The number of hydrogen-bond acceptors (Lipinski definition) is 5. The number of fused-ring (bicyclic) bond motifs is 2. The first-order chi connectivity index (χ1) is 19.4. The molecule has 0 amide bonds. The van der Waals surface area contributed by atoms with Gasteiger partial charge in [0.2, 0.25) is 5.82 Å². The zero-order valence-corrected chi connectivity index (χ0v) is 24.3. The van der Waals surface area contributed by atoms with E-state index in [-0.39, 0.29) is 28.0 Å². The lowest BCUT2D eigenvalue weighted by Gasteiger charge is -2.12. The van der Waals surface area contributed by atoms with Gasteiger partial charge in [-0.2, -0.15) is 9.78 Å². The van der Waals surface area contributed by atoms with Gasteiger partial charge in [0.25, 0.3) is 5.56 Å². The molecule has 0 bridgehead atoms. The molecule has 0 atom stereocenters. The van der Waals surface area contributed by atoms with E-state index in [0.29, 0.717) is 38.6 Å². The molecule has 0 aliphatic heterocycles. The van der Waals surface area contributed by atoms with Gasteiger partial charge in [0.05, 0.1) is 27.2 Å². The van der Waals surface area contributed by atoms with Gasteiger partial charge in [-0.05, 0) is 60.2 Å². The van der Waals surface area contributed by atoms with Gasteiger partial charge in [0.15, 0.2) is 11.5 Å². The molecule has 4 aromatic carbocycles. The molecule has 198 valence electrons. The van der Waals surface area contributed by atoms with Crippen molar-refractivity contribution in [3.63, 3.8) is 0 Å². The Morgan fingerprint density at radius 2 is 1.68 bits per heavy atom. The molecule has 0 spiro atoms. The van der Waals surface area contributed by atoms with Crippen LogP contribution in [0.25, 0.3) is 33.5 Å². The smallest absolute Gasteiger partial charge is 0.282 e. The summed E-state index contributed by atoms with van der Waals surface area (Å²) in [5, 5.41) is 6.91. The molecule has 6 rings (SSSR count). The van der Waals surface area contributed by atoms with Crippen LogP contribution >= 0.6 is 50.7 Å². The van der Waals surface area contributed by atoms with Gasteiger partial charge in [-0.15, -0.1) is 0 Å². The average molecular weight is 654 g/mol. The quantitative estimate of drug-likeness (QED) is 0.168. The van der Waals surface area contributed by atoms with Crippen LogP contribution in [-0.2, 0) is 6.61 Å². The lowest BCUT2D eigenvalue weighted by molar-refractivity contribution is 0.306. The van der Waals surface area contributed by atoms with E-state index in [1.807, 2.05) is 48.5 Å². The molecule has 40 heavy (non-hydrogen) atoms. The monoisotopic (exact) mass is 651 g/mol. The maximum Gasteiger partial charge on any atom is 0.282 e. The van der Waals surface area contributed by atoms with Crippen molar-refractivity contribution < 1.29 is 9.15 Å². The second kappa shape index (κ2) is 11.1. The maximum absolute atomic E-state index is 13.5. The van der Waals surface area contributed by atoms with E-state index in [9.17, 15) is 4.79 Å². The van der Waals surface area contributed by atoms with Crippen molar-refractivity contribution in [2.24, 2.45) is 5.10 Å². The van der Waals surface area contributed by atoms with Crippen LogP contribution in [0.2, 0.25) is 15.1 Å². The van der Waals surface area contributed by atoms with Gasteiger partial charge in [-0.3, -0.25) is 4.79 Å². The summed E-state index contributed by atoms with van der Waals surface area (Å²) in [7, 11) is 0. The Hall–Kier alpha value is -3.62. The van der Waals surface area contributed by atoms with Crippen LogP contribution in [0.5, 0.6) is 5.75 Å². The Balaban J connectivity index is 1.39. The lowest BCUT2D eigenvalue weighted by atomic mass is 10.2. The highest BCUT2D eigenvalue weighted by molar-refractivity contribution is 9.10. The number of aromatic nitrogens is 2. The number of furan rings is 1. The summed E-state index contributed by atoms with van der Waals surface area (Å²) in [4.78, 5) is 18.2. The molecular weight excluding hydrogens is 637 g/mol. The molecule has 0 saturated heterocycles. The fourth-order valence-electron chi connectivity index (χ4n) is 4.20. The molecule has 0 N–H and O–H groups in total. The Kier molecular flexibility index (Phi) is 7.38. The highest BCUT2D eigenvalue weighted by atomic mass is 79.9. The van der Waals surface area contributed by atoms with E-state index in [1.54, 1.807) is 36.4 Å². The molecule has 0 fully saturated rings. The van der Waals surface area contributed by atoms with Crippen molar-refractivity contribution in [2.75, 3.05) is 0 Å². The van der Waals surface area contributed by atoms with Crippen molar-refractivity contribution in [1.29, 1.82) is 0 Å². The van der Waals surface area contributed by atoms with Gasteiger partial charge in [0, 0.05) is 20.4 Å². The van der Waals surface area contributed by atoms with Crippen LogP contribution in [0.15, 0.2) is 104 Å². The molecule has 2 heterocycles. The molecule has 0 aliphatic carbocycles. The molecule has 0 aliphatic rings. The van der Waals surface area contributed by atoms with Gasteiger partial charge in [0.1, 0.15) is 12.2 Å². The van der Waals surface area contributed by atoms with Gasteiger partial charge in [-0.1, -0.05) is 81.1 Å². The van der Waals surface area contributed by atoms with Crippen LogP contribution in [0.1, 0.15) is 11.1 Å². The van der Waals surface area contributed by atoms with Crippen molar-refractivity contribution >= 4 is 78.8 Å². The second-order valence-electron chi connectivity index (χ2n) is 8.80. The van der Waals surface area contributed by atoms with Crippen molar-refractivity contribution in [2.45, 2.75) is 6.61 Å². The Morgan fingerprint density at radius 3 is 2.48 bits per heavy atom. The molecular formula is C30H17BrCl3N3O3. The minimum absolute atomic E-state index is 0.197. The fourth-order valence-corrected chi connectivity index (χ4v) is 5.38. The molecule has 2 aromatic heterocycles. The minimum Gasteiger partial charge on any atom is -0.486 e. The minimum atomic E-state index is -0.352. The highest BCUT2D eigenvalue weighted by Gasteiger charge is 2.17. The topological polar surface area (TPSA) is 69.6 Å². The Bertz CT molecular complexity index is 1980. The van der Waals surface area contributed by atoms with Gasteiger partial charge < -0.3 is 9.15 Å². The fraction of sp³-hybridized carbons (Fsp3) is 0.0333. The Labute approximate surface area is 251 Å². The summed E-state index contributed by atoms with van der Waals surface area (Å²) >= 11 is 22.7. The second-order valence-corrected chi connectivity index (χ2v) is 10.9. The summed E-state index contributed by atoms with van der Waals surface area (Å²) in [6.45, 7) is 0.197. The predicted molar refractivity (Wildman–Crippen MR) is 164 cm³/mol. The largest absolute Gasteiger partial charge is 0.486 e. The third kappa shape index (κ3) is 5.25. The zero-order valence-electron chi connectivity index (χ0n) is 20.4. The van der Waals surface area contributed by atoms with E-state index in [0.717, 1.165) is 15.4 Å². The predicted octanol–water partition coefficient (Wildman–Crippen LogP) is 8.99. The molecule has 0 radical (unpaired) electrons. The standard InChI is InChI=1S/C30H17BrCl3N3O3/c31-20-9-10-26-19(13-20)14-27(40-26)29-36-25-8-4-2-6-21(25)30(38)37(29)35-15-17-11-23(33)28(24(34)12-17)39-16-18-5-1-3-7-22(18)32/h1-15H,16H2. The van der Waals surface area contributed by atoms with Crippen LogP contribution in [-0.4, -0.2) is 15.9 Å². The lowest BCUT2D eigenvalue weighted by Crippen LogP contribution is -2.20. The van der Waals surface area contributed by atoms with Gasteiger partial charge in [-0.25, -0.2) is 4.98 Å². The molecule has 0 saturated carbocycles. The average Bonchev–Trinajstić information content (AvgIpc) is 3.36. The molecule has 6 nitrogen and oxygen atoms in total. The normalized spacial score (nSPS) is 11.6. The number of hydrogen-bond donors (Lipinski definition) is 0. The first-order valence-corrected chi connectivity index (χ1v) is 13.9. The first-order valence-electron chi connectivity index (χ1n) is 12.0. The number of benzene rings is 4. The van der Waals surface area contributed by atoms with Crippen LogP contribution in [0.4, 0.5) is 0 Å². The third-order valence-corrected chi connectivity index (χ3v) is 7.55. The summed E-state index contributed by atoms with van der Waals surface area (Å²) < 4.78 is 14.0. The first kappa shape index (κ1) is 26.6. The van der Waals surface area contributed by atoms with E-state index in [1.165, 1.54) is 10.9 Å². The van der Waals surface area contributed by atoms with E-state index < -0.39 is 0 Å². The maximum atomic E-state index is 13.5. The zero-order chi connectivity index (χ0) is 27.8. The summed E-state index contributed by atoms with van der Waals surface area (Å²) in [5.74, 6) is 0.968. The van der Waals surface area contributed by atoms with Crippen LogP contribution < -0.4 is 10.3 Å². The van der Waals surface area contributed by atoms with Crippen LogP contribution in [0.3, 0.4) is 0 Å². The van der Waals surface area contributed by atoms with E-state index >= 15 is 0 Å². The van der Waals surface area contributed by atoms with E-state index in [2.05, 4.69) is 21.0 Å². The molecule has 0 unspecified atom stereocenters. The number of nitrogens with zero attached hydrogens (tertiary/aromatic N) is 3. The third-order valence-electron chi connectivity index (χ3n) is 6.13. The molecule has 6 aromatic rings. The Morgan fingerprint density at radius 1 is 0.925 bits per heavy atom. The number of para-hydroxylation sites is 1. The summed E-state index contributed by atoms with van der Waals surface area (Å²) in [6.07, 6.45) is 1.48. The van der Waals surface area contributed by atoms with E-state index in [4.69, 9.17) is 48.9 Å². The SMILES string of the molecule is O=c1c2ccccc2nc(-c2cc3cc(Br)ccc3o2)n1N=Cc1cc(Cl)c(OCc2ccccc2Cl)c(Cl)c1. The van der Waals surface area contributed by atoms with Crippen molar-refractivity contribution in [1.82, 2.24) is 9.66 Å². The number of halogens is 4. The molecule has 10 heteroatoms. The van der Waals surface area contributed by atoms with Crippen molar-refractivity contribution in [3.05, 3.63) is 126 Å². The van der Waals surface area contributed by atoms with Gasteiger partial charge >= 0.3 is 0 Å². The number of rotatable bonds is 6. The van der Waals surface area contributed by atoms with Crippen LogP contribution in [0, 0.1) is 0 Å². The number of ether oxygens (including phenoxy) is 1. The summed E-state index contributed by atoms with van der Waals surface area (Å²) in [6, 6.07) is 25.2. The van der Waals surface area contributed by atoms with Crippen molar-refractivity contribution in [3.8, 4) is 17.3 Å².